The Morgan fingerprint density at radius 3 is 2.33 bits per heavy atom. The highest BCUT2D eigenvalue weighted by Crippen LogP contribution is 2.17. The maximum absolute atomic E-state index is 12.4. The first kappa shape index (κ1) is 12.3. The normalized spacial score (nSPS) is 10.7. The maximum atomic E-state index is 12.4. The maximum Gasteiger partial charge on any atom is 0.264 e. The standard InChI is InChI=1S/C13H11F2NO2/c1-18-11-4-2-10(3-5-11)16-7-6-9(13(14)15)8-12(16)17/h2-8,13H,1H3. The van der Waals surface area contributed by atoms with Gasteiger partial charge in [0.25, 0.3) is 12.0 Å². The predicted octanol–water partition coefficient (Wildman–Crippen LogP) is 2.78. The zero-order valence-electron chi connectivity index (χ0n) is 9.64. The van der Waals surface area contributed by atoms with Crippen molar-refractivity contribution in [3.8, 4) is 11.4 Å². The number of pyridine rings is 1. The molecule has 0 amide bonds. The Labute approximate surface area is 102 Å². The molecule has 0 saturated heterocycles. The van der Waals surface area contributed by atoms with Crippen molar-refractivity contribution in [1.29, 1.82) is 0 Å². The molecule has 0 unspecified atom stereocenters. The number of hydrogen-bond donors (Lipinski definition) is 0. The molecule has 0 radical (unpaired) electrons. The van der Waals surface area contributed by atoms with Crippen LogP contribution in [-0.4, -0.2) is 11.7 Å². The molecule has 2 rings (SSSR count). The molecule has 0 N–H and O–H groups in total. The Morgan fingerprint density at radius 2 is 1.83 bits per heavy atom. The lowest BCUT2D eigenvalue weighted by Crippen LogP contribution is -2.17. The van der Waals surface area contributed by atoms with Crippen LogP contribution in [0.3, 0.4) is 0 Å². The van der Waals surface area contributed by atoms with Crippen molar-refractivity contribution in [2.24, 2.45) is 0 Å². The van der Waals surface area contributed by atoms with E-state index in [2.05, 4.69) is 0 Å². The minimum Gasteiger partial charge on any atom is -0.497 e. The third kappa shape index (κ3) is 2.40. The third-order valence-corrected chi connectivity index (χ3v) is 2.55. The zero-order valence-corrected chi connectivity index (χ0v) is 9.64. The van der Waals surface area contributed by atoms with Crippen molar-refractivity contribution in [1.82, 2.24) is 4.57 Å². The second kappa shape index (κ2) is 5.00. The van der Waals surface area contributed by atoms with Gasteiger partial charge in [-0.1, -0.05) is 0 Å². The molecule has 2 aromatic rings. The van der Waals surface area contributed by atoms with Gasteiger partial charge in [0.2, 0.25) is 0 Å². The lowest BCUT2D eigenvalue weighted by molar-refractivity contribution is 0.151. The summed E-state index contributed by atoms with van der Waals surface area (Å²) in [6.45, 7) is 0. The molecule has 1 aromatic heterocycles. The first-order valence-corrected chi connectivity index (χ1v) is 5.27. The van der Waals surface area contributed by atoms with Gasteiger partial charge in [-0.25, -0.2) is 8.78 Å². The number of rotatable bonds is 3. The van der Waals surface area contributed by atoms with E-state index in [1.165, 1.54) is 16.8 Å². The summed E-state index contributed by atoms with van der Waals surface area (Å²) in [5.74, 6) is 0.663. The molecule has 94 valence electrons. The van der Waals surface area contributed by atoms with Crippen LogP contribution in [0.4, 0.5) is 8.78 Å². The first-order chi connectivity index (χ1) is 8.61. The second-order valence-electron chi connectivity index (χ2n) is 3.67. The molecule has 0 spiro atoms. The summed E-state index contributed by atoms with van der Waals surface area (Å²) in [4.78, 5) is 11.7. The molecular weight excluding hydrogens is 240 g/mol. The van der Waals surface area contributed by atoms with Crippen LogP contribution in [0.15, 0.2) is 47.4 Å². The Kier molecular flexibility index (Phi) is 3.41. The molecule has 1 aromatic carbocycles. The van der Waals surface area contributed by atoms with Gasteiger partial charge in [-0.15, -0.1) is 0 Å². The van der Waals surface area contributed by atoms with Crippen LogP contribution < -0.4 is 10.3 Å². The predicted molar refractivity (Wildman–Crippen MR) is 63.5 cm³/mol. The van der Waals surface area contributed by atoms with Gasteiger partial charge in [-0.3, -0.25) is 9.36 Å². The van der Waals surface area contributed by atoms with E-state index in [1.807, 2.05) is 0 Å². The summed E-state index contributed by atoms with van der Waals surface area (Å²) in [5.41, 5.74) is -0.163. The topological polar surface area (TPSA) is 31.2 Å². The Bertz CT molecular complexity index is 591. The van der Waals surface area contributed by atoms with Crippen molar-refractivity contribution >= 4 is 0 Å². The largest absolute Gasteiger partial charge is 0.497 e. The van der Waals surface area contributed by atoms with Gasteiger partial charge in [0, 0.05) is 23.5 Å². The number of benzene rings is 1. The molecule has 0 fully saturated rings. The van der Waals surface area contributed by atoms with Gasteiger partial charge >= 0.3 is 0 Å². The number of halogens is 2. The highest BCUT2D eigenvalue weighted by molar-refractivity contribution is 5.38. The highest BCUT2D eigenvalue weighted by Gasteiger charge is 2.09. The van der Waals surface area contributed by atoms with E-state index >= 15 is 0 Å². The van der Waals surface area contributed by atoms with Gasteiger partial charge in [0.15, 0.2) is 0 Å². The molecule has 0 aliphatic heterocycles. The average Bonchev–Trinajstić information content (AvgIpc) is 2.38. The monoisotopic (exact) mass is 251 g/mol. The fourth-order valence-corrected chi connectivity index (χ4v) is 1.59. The van der Waals surface area contributed by atoms with Gasteiger partial charge in [-0.2, -0.15) is 0 Å². The van der Waals surface area contributed by atoms with Crippen LogP contribution in [0.2, 0.25) is 0 Å². The van der Waals surface area contributed by atoms with Crippen molar-refractivity contribution in [2.45, 2.75) is 6.43 Å². The smallest absolute Gasteiger partial charge is 0.264 e. The van der Waals surface area contributed by atoms with E-state index in [4.69, 9.17) is 4.74 Å². The lowest BCUT2D eigenvalue weighted by atomic mass is 10.2. The van der Waals surface area contributed by atoms with Crippen LogP contribution in [0, 0.1) is 0 Å². The second-order valence-corrected chi connectivity index (χ2v) is 3.67. The van der Waals surface area contributed by atoms with Crippen LogP contribution in [0.1, 0.15) is 12.0 Å². The van der Waals surface area contributed by atoms with Gasteiger partial charge in [0.1, 0.15) is 5.75 Å². The van der Waals surface area contributed by atoms with Gasteiger partial charge in [-0.05, 0) is 30.3 Å². The molecule has 18 heavy (non-hydrogen) atoms. The Balaban J connectivity index is 2.41. The minimum atomic E-state index is -2.64. The zero-order chi connectivity index (χ0) is 13.1. The molecular formula is C13H11F2NO2. The number of alkyl halides is 2. The highest BCUT2D eigenvalue weighted by atomic mass is 19.3. The molecule has 3 nitrogen and oxygen atoms in total. The quantitative estimate of drug-likeness (QED) is 0.839. The minimum absolute atomic E-state index is 0.273. The van der Waals surface area contributed by atoms with Crippen molar-refractivity contribution in [3.63, 3.8) is 0 Å². The molecule has 0 bridgehead atoms. The Hall–Kier alpha value is -2.17. The summed E-state index contributed by atoms with van der Waals surface area (Å²) >= 11 is 0. The number of ether oxygens (including phenoxy) is 1. The third-order valence-electron chi connectivity index (χ3n) is 2.55. The van der Waals surface area contributed by atoms with Crippen molar-refractivity contribution < 1.29 is 13.5 Å². The average molecular weight is 251 g/mol. The van der Waals surface area contributed by atoms with Crippen LogP contribution in [0.25, 0.3) is 5.69 Å². The summed E-state index contributed by atoms with van der Waals surface area (Å²) in [6, 6.07) is 8.93. The fourth-order valence-electron chi connectivity index (χ4n) is 1.59. The molecule has 0 saturated carbocycles. The van der Waals surface area contributed by atoms with Crippen molar-refractivity contribution in [2.75, 3.05) is 7.11 Å². The summed E-state index contributed by atoms with van der Waals surface area (Å²) in [7, 11) is 1.54. The number of nitrogens with zero attached hydrogens (tertiary/aromatic N) is 1. The summed E-state index contributed by atoms with van der Waals surface area (Å²) in [6.07, 6.45) is -1.30. The summed E-state index contributed by atoms with van der Waals surface area (Å²) < 4.78 is 31.1. The summed E-state index contributed by atoms with van der Waals surface area (Å²) in [5, 5.41) is 0. The lowest BCUT2D eigenvalue weighted by Gasteiger charge is -2.07. The van der Waals surface area contributed by atoms with Crippen LogP contribution >= 0.6 is 0 Å². The Morgan fingerprint density at radius 1 is 1.17 bits per heavy atom. The van der Waals surface area contributed by atoms with E-state index in [-0.39, 0.29) is 5.56 Å². The van der Waals surface area contributed by atoms with E-state index in [0.717, 1.165) is 6.07 Å². The SMILES string of the molecule is COc1ccc(-n2ccc(C(F)F)cc2=O)cc1. The first-order valence-electron chi connectivity index (χ1n) is 5.27. The van der Waals surface area contributed by atoms with E-state index in [9.17, 15) is 13.6 Å². The van der Waals surface area contributed by atoms with E-state index in [0.29, 0.717) is 11.4 Å². The van der Waals surface area contributed by atoms with Gasteiger partial charge < -0.3 is 4.74 Å². The van der Waals surface area contributed by atoms with Crippen LogP contribution in [-0.2, 0) is 0 Å². The van der Waals surface area contributed by atoms with Crippen LogP contribution in [0.5, 0.6) is 5.75 Å². The van der Waals surface area contributed by atoms with E-state index in [1.54, 1.807) is 31.4 Å². The van der Waals surface area contributed by atoms with Crippen molar-refractivity contribution in [3.05, 3.63) is 58.5 Å². The number of aromatic nitrogens is 1. The van der Waals surface area contributed by atoms with E-state index < -0.39 is 12.0 Å². The molecule has 0 aliphatic rings. The molecule has 1 heterocycles. The fraction of sp³-hybridized carbons (Fsp3) is 0.154. The molecule has 0 aliphatic carbocycles. The molecule has 5 heteroatoms. The van der Waals surface area contributed by atoms with Gasteiger partial charge in [0.05, 0.1) is 7.11 Å². The molecule has 0 atom stereocenters. The number of methoxy groups -OCH3 is 1. The number of hydrogen-bond acceptors (Lipinski definition) is 2.